The van der Waals surface area contributed by atoms with Gasteiger partial charge in [-0.2, -0.15) is 4.31 Å². The predicted molar refractivity (Wildman–Crippen MR) is 78.7 cm³/mol. The Hall–Kier alpha value is -1.74. The zero-order valence-corrected chi connectivity index (χ0v) is 12.8. The molecule has 0 spiro atoms. The number of hydrogen-bond donors (Lipinski definition) is 0. The van der Waals surface area contributed by atoms with Crippen molar-refractivity contribution < 1.29 is 13.3 Å². The van der Waals surface area contributed by atoms with Gasteiger partial charge in [-0.25, -0.2) is 8.42 Å². The van der Waals surface area contributed by atoms with Crippen molar-refractivity contribution in [2.24, 2.45) is 0 Å². The Morgan fingerprint density at radius 2 is 1.86 bits per heavy atom. The van der Waals surface area contributed by atoms with Crippen LogP contribution in [0.15, 0.2) is 18.3 Å². The first-order valence-electron chi connectivity index (χ1n) is 6.66. The molecule has 2 heterocycles. The van der Waals surface area contributed by atoms with E-state index < -0.39 is 20.2 Å². The number of anilines is 1. The maximum atomic E-state index is 12.1. The van der Waals surface area contributed by atoms with E-state index in [-0.39, 0.29) is 5.82 Å². The highest BCUT2D eigenvalue weighted by Crippen LogP contribution is 2.20. The van der Waals surface area contributed by atoms with Crippen LogP contribution in [0.3, 0.4) is 0 Å². The summed E-state index contributed by atoms with van der Waals surface area (Å²) in [6.45, 7) is 5.26. The third-order valence-corrected chi connectivity index (χ3v) is 5.76. The number of nitrogens with zero attached hydrogens (tertiary/aromatic N) is 4. The van der Waals surface area contributed by atoms with Crippen molar-refractivity contribution in [3.05, 3.63) is 28.4 Å². The van der Waals surface area contributed by atoms with Crippen LogP contribution in [0, 0.1) is 10.1 Å². The number of nitro groups is 1. The second-order valence-corrected chi connectivity index (χ2v) is 7.60. The monoisotopic (exact) mass is 314 g/mol. The minimum absolute atomic E-state index is 0.195. The van der Waals surface area contributed by atoms with Gasteiger partial charge in [0.1, 0.15) is 0 Å². The molecule has 1 aromatic heterocycles. The molecule has 8 nitrogen and oxygen atoms in total. The van der Waals surface area contributed by atoms with Gasteiger partial charge >= 0.3 is 5.82 Å². The van der Waals surface area contributed by atoms with E-state index in [1.807, 2.05) is 4.90 Å². The second kappa shape index (κ2) is 5.94. The molecule has 0 N–H and O–H groups in total. The molecule has 9 heteroatoms. The highest BCUT2D eigenvalue weighted by Gasteiger charge is 2.29. The highest BCUT2D eigenvalue weighted by atomic mass is 32.2. The highest BCUT2D eigenvalue weighted by molar-refractivity contribution is 7.89. The molecular formula is C12H18N4O4S. The van der Waals surface area contributed by atoms with E-state index in [0.29, 0.717) is 26.2 Å². The molecule has 0 radical (unpaired) electrons. The Kier molecular flexibility index (Phi) is 4.43. The van der Waals surface area contributed by atoms with Gasteiger partial charge in [-0.05, 0) is 29.8 Å². The number of aromatic nitrogens is 1. The van der Waals surface area contributed by atoms with Gasteiger partial charge in [0, 0.05) is 32.2 Å². The number of sulfonamides is 1. The molecule has 0 aliphatic carbocycles. The maximum absolute atomic E-state index is 12.1. The lowest BCUT2D eigenvalue weighted by atomic mass is 10.3. The molecule has 0 bridgehead atoms. The van der Waals surface area contributed by atoms with Crippen LogP contribution in [-0.4, -0.2) is 54.1 Å². The Labute approximate surface area is 123 Å². The van der Waals surface area contributed by atoms with Crippen LogP contribution in [0.1, 0.15) is 13.8 Å². The molecular weight excluding hydrogens is 296 g/mol. The molecule has 2 rings (SSSR count). The van der Waals surface area contributed by atoms with Gasteiger partial charge in [-0.1, -0.05) is 0 Å². The van der Waals surface area contributed by atoms with Crippen molar-refractivity contribution >= 4 is 21.5 Å². The van der Waals surface area contributed by atoms with Crippen LogP contribution in [-0.2, 0) is 10.0 Å². The fourth-order valence-corrected chi connectivity index (χ4v) is 3.44. The molecule has 1 aromatic rings. The summed E-state index contributed by atoms with van der Waals surface area (Å²) in [5.41, 5.74) is 0.766. The third kappa shape index (κ3) is 3.30. The van der Waals surface area contributed by atoms with E-state index in [2.05, 4.69) is 4.98 Å². The summed E-state index contributed by atoms with van der Waals surface area (Å²) >= 11 is 0. The minimum atomic E-state index is -3.22. The average Bonchev–Trinajstić information content (AvgIpc) is 2.47. The smallest absolute Gasteiger partial charge is 0.363 e. The van der Waals surface area contributed by atoms with Crippen molar-refractivity contribution in [2.45, 2.75) is 19.1 Å². The molecule has 0 saturated carbocycles. The Morgan fingerprint density at radius 1 is 1.24 bits per heavy atom. The molecule has 1 aliphatic heterocycles. The first-order valence-corrected chi connectivity index (χ1v) is 8.17. The van der Waals surface area contributed by atoms with Crippen molar-refractivity contribution in [2.75, 3.05) is 31.1 Å². The first kappa shape index (κ1) is 15.6. The quantitative estimate of drug-likeness (QED) is 0.604. The van der Waals surface area contributed by atoms with E-state index in [9.17, 15) is 18.5 Å². The average molecular weight is 314 g/mol. The predicted octanol–water partition coefficient (Wildman–Crippen LogP) is 0.850. The first-order chi connectivity index (χ1) is 9.82. The van der Waals surface area contributed by atoms with Crippen LogP contribution >= 0.6 is 0 Å². The Balaban J connectivity index is 2.03. The molecule has 116 valence electrons. The molecule has 1 aliphatic rings. The van der Waals surface area contributed by atoms with E-state index in [1.165, 1.54) is 16.6 Å². The fourth-order valence-electron chi connectivity index (χ4n) is 2.17. The lowest BCUT2D eigenvalue weighted by Crippen LogP contribution is -2.50. The van der Waals surface area contributed by atoms with Crippen molar-refractivity contribution in [3.63, 3.8) is 0 Å². The van der Waals surface area contributed by atoms with Gasteiger partial charge in [0.05, 0.1) is 10.9 Å². The van der Waals surface area contributed by atoms with E-state index in [1.54, 1.807) is 19.9 Å². The lowest BCUT2D eigenvalue weighted by molar-refractivity contribution is -0.389. The number of pyridine rings is 1. The van der Waals surface area contributed by atoms with Gasteiger partial charge in [0.15, 0.2) is 6.20 Å². The third-order valence-electron chi connectivity index (χ3n) is 3.48. The van der Waals surface area contributed by atoms with E-state index >= 15 is 0 Å². The maximum Gasteiger partial charge on any atom is 0.363 e. The van der Waals surface area contributed by atoms with Crippen LogP contribution in [0.2, 0.25) is 0 Å². The van der Waals surface area contributed by atoms with Crippen LogP contribution < -0.4 is 4.90 Å². The number of rotatable bonds is 4. The molecule has 0 atom stereocenters. The molecule has 1 saturated heterocycles. The molecule has 0 aromatic carbocycles. The summed E-state index contributed by atoms with van der Waals surface area (Å²) in [4.78, 5) is 15.8. The lowest BCUT2D eigenvalue weighted by Gasteiger charge is -2.35. The van der Waals surface area contributed by atoms with Crippen LogP contribution in [0.5, 0.6) is 0 Å². The van der Waals surface area contributed by atoms with Gasteiger partial charge in [-0.3, -0.25) is 0 Å². The molecule has 0 amide bonds. The van der Waals surface area contributed by atoms with Gasteiger partial charge in [0.2, 0.25) is 10.0 Å². The largest absolute Gasteiger partial charge is 0.366 e. The second-order valence-electron chi connectivity index (χ2n) is 5.11. The summed E-state index contributed by atoms with van der Waals surface area (Å²) in [5, 5.41) is 10.1. The SMILES string of the molecule is CC(C)S(=O)(=O)N1CCN(c2ccc([N+](=O)[O-])nc2)CC1. The van der Waals surface area contributed by atoms with Crippen LogP contribution in [0.4, 0.5) is 11.5 Å². The molecule has 21 heavy (non-hydrogen) atoms. The number of hydrogen-bond acceptors (Lipinski definition) is 6. The van der Waals surface area contributed by atoms with E-state index in [0.717, 1.165) is 5.69 Å². The Morgan fingerprint density at radius 3 is 2.29 bits per heavy atom. The van der Waals surface area contributed by atoms with Gasteiger partial charge in [0.25, 0.3) is 0 Å². The zero-order chi connectivity index (χ0) is 15.6. The molecule has 1 fully saturated rings. The van der Waals surface area contributed by atoms with Gasteiger partial charge < -0.3 is 15.0 Å². The van der Waals surface area contributed by atoms with Gasteiger partial charge in [-0.15, -0.1) is 0 Å². The minimum Gasteiger partial charge on any atom is -0.366 e. The Bertz CT molecular complexity index is 607. The van der Waals surface area contributed by atoms with Crippen LogP contribution in [0.25, 0.3) is 0 Å². The molecule has 0 unspecified atom stereocenters. The van der Waals surface area contributed by atoms with Crippen molar-refractivity contribution in [1.29, 1.82) is 0 Å². The topological polar surface area (TPSA) is 96.7 Å². The van der Waals surface area contributed by atoms with E-state index in [4.69, 9.17) is 0 Å². The fraction of sp³-hybridized carbons (Fsp3) is 0.583. The standard InChI is InChI=1S/C12H18N4O4S/c1-10(2)21(19,20)15-7-5-14(6-8-15)11-3-4-12(13-9-11)16(17)18/h3-4,9-10H,5-8H2,1-2H3. The summed E-state index contributed by atoms with van der Waals surface area (Å²) < 4.78 is 25.6. The normalized spacial score (nSPS) is 17.2. The summed E-state index contributed by atoms with van der Waals surface area (Å²) in [5.74, 6) is -0.195. The summed E-state index contributed by atoms with van der Waals surface area (Å²) in [7, 11) is -3.22. The number of piperazine rings is 1. The van der Waals surface area contributed by atoms with Crippen molar-refractivity contribution in [1.82, 2.24) is 9.29 Å². The summed E-state index contributed by atoms with van der Waals surface area (Å²) in [6.07, 6.45) is 1.45. The zero-order valence-electron chi connectivity index (χ0n) is 12.0. The summed E-state index contributed by atoms with van der Waals surface area (Å²) in [6, 6.07) is 2.99. The van der Waals surface area contributed by atoms with Crippen molar-refractivity contribution in [3.8, 4) is 0 Å².